The summed E-state index contributed by atoms with van der Waals surface area (Å²) in [6.07, 6.45) is 2.20. The highest BCUT2D eigenvalue weighted by molar-refractivity contribution is 5.93. The monoisotopic (exact) mass is 286 g/mol. The van der Waals surface area contributed by atoms with E-state index in [0.717, 1.165) is 29.9 Å². The van der Waals surface area contributed by atoms with Crippen LogP contribution < -0.4 is 14.8 Å². The number of aromatic amines is 1. The fourth-order valence-corrected chi connectivity index (χ4v) is 2.73. The molecule has 1 atom stereocenters. The van der Waals surface area contributed by atoms with E-state index in [9.17, 15) is 4.79 Å². The van der Waals surface area contributed by atoms with Crippen LogP contribution in [0.5, 0.6) is 11.5 Å². The number of rotatable bonds is 2. The van der Waals surface area contributed by atoms with Crippen LogP contribution in [-0.2, 0) is 17.6 Å². The summed E-state index contributed by atoms with van der Waals surface area (Å²) in [4.78, 5) is 12.4. The van der Waals surface area contributed by atoms with Crippen molar-refractivity contribution in [3.05, 3.63) is 29.6 Å². The fourth-order valence-electron chi connectivity index (χ4n) is 2.73. The Morgan fingerprint density at radius 1 is 1.24 bits per heavy atom. The molecule has 2 aliphatic rings. The van der Waals surface area contributed by atoms with Crippen molar-refractivity contribution in [1.29, 1.82) is 0 Å². The standard InChI is InChI=1S/C14H14N4O3/c19-14(8-1-3-10-11(5-8)17-18-16-10)15-9-2-4-12-13(6-9)21-7-20-12/h2,4,6,8H,1,3,5,7H2,(H,15,19)(H,16,17,18). The fraction of sp³-hybridized carbons (Fsp3) is 0.357. The zero-order valence-corrected chi connectivity index (χ0v) is 11.3. The molecule has 1 amide bonds. The van der Waals surface area contributed by atoms with Crippen molar-refractivity contribution in [2.75, 3.05) is 12.1 Å². The summed E-state index contributed by atoms with van der Waals surface area (Å²) >= 11 is 0. The van der Waals surface area contributed by atoms with Gasteiger partial charge in [0.05, 0.1) is 11.4 Å². The minimum absolute atomic E-state index is 0.00233. The van der Waals surface area contributed by atoms with Gasteiger partial charge in [-0.25, -0.2) is 0 Å². The molecule has 4 rings (SSSR count). The van der Waals surface area contributed by atoms with Crippen molar-refractivity contribution in [3.8, 4) is 11.5 Å². The number of fused-ring (bicyclic) bond motifs is 2. The van der Waals surface area contributed by atoms with Crippen LogP contribution in [0.4, 0.5) is 5.69 Å². The number of aromatic nitrogens is 3. The summed E-state index contributed by atoms with van der Waals surface area (Å²) in [5.41, 5.74) is 2.59. The van der Waals surface area contributed by atoms with Crippen LogP contribution in [0.3, 0.4) is 0 Å². The highest BCUT2D eigenvalue weighted by Gasteiger charge is 2.27. The Hall–Kier alpha value is -2.57. The van der Waals surface area contributed by atoms with Crippen molar-refractivity contribution in [3.63, 3.8) is 0 Å². The number of nitrogens with one attached hydrogen (secondary N) is 2. The van der Waals surface area contributed by atoms with Gasteiger partial charge in [0.15, 0.2) is 11.5 Å². The number of hydrogen-bond donors (Lipinski definition) is 2. The van der Waals surface area contributed by atoms with Crippen LogP contribution in [0.2, 0.25) is 0 Å². The molecule has 21 heavy (non-hydrogen) atoms. The molecule has 0 bridgehead atoms. The zero-order valence-electron chi connectivity index (χ0n) is 11.3. The number of carbonyl (C=O) groups excluding carboxylic acids is 1. The van der Waals surface area contributed by atoms with Gasteiger partial charge >= 0.3 is 0 Å². The Labute approximate surface area is 120 Å². The predicted octanol–water partition coefficient (Wildman–Crippen LogP) is 1.28. The van der Waals surface area contributed by atoms with Gasteiger partial charge in [-0.1, -0.05) is 0 Å². The molecule has 1 aliphatic carbocycles. The molecule has 0 saturated carbocycles. The highest BCUT2D eigenvalue weighted by Crippen LogP contribution is 2.34. The molecule has 1 aromatic heterocycles. The van der Waals surface area contributed by atoms with Gasteiger partial charge < -0.3 is 14.8 Å². The van der Waals surface area contributed by atoms with Crippen LogP contribution in [-0.4, -0.2) is 28.1 Å². The minimum Gasteiger partial charge on any atom is -0.454 e. The summed E-state index contributed by atoms with van der Waals surface area (Å²) in [5, 5.41) is 13.7. The lowest BCUT2D eigenvalue weighted by Gasteiger charge is -2.19. The van der Waals surface area contributed by atoms with Crippen molar-refractivity contribution in [2.45, 2.75) is 19.3 Å². The summed E-state index contributed by atoms with van der Waals surface area (Å²) < 4.78 is 10.6. The van der Waals surface area contributed by atoms with Crippen LogP contribution in [0.15, 0.2) is 18.2 Å². The maximum atomic E-state index is 12.4. The van der Waals surface area contributed by atoms with Crippen LogP contribution in [0, 0.1) is 5.92 Å². The molecule has 0 radical (unpaired) electrons. The summed E-state index contributed by atoms with van der Waals surface area (Å²) in [7, 11) is 0. The number of anilines is 1. The largest absolute Gasteiger partial charge is 0.454 e. The van der Waals surface area contributed by atoms with Crippen molar-refractivity contribution in [2.24, 2.45) is 5.92 Å². The SMILES string of the molecule is O=C(Nc1ccc2c(c1)OCO2)C1CCc2n[nH]nc2C1. The molecular weight excluding hydrogens is 272 g/mol. The van der Waals surface area contributed by atoms with E-state index in [0.29, 0.717) is 17.9 Å². The van der Waals surface area contributed by atoms with Gasteiger partial charge in [0.2, 0.25) is 12.7 Å². The molecule has 2 heterocycles. The molecule has 1 unspecified atom stereocenters. The highest BCUT2D eigenvalue weighted by atomic mass is 16.7. The quantitative estimate of drug-likeness (QED) is 0.868. The first-order valence-electron chi connectivity index (χ1n) is 6.88. The second-order valence-electron chi connectivity index (χ2n) is 5.21. The Bertz CT molecular complexity index is 697. The van der Waals surface area contributed by atoms with E-state index in [2.05, 4.69) is 20.7 Å². The lowest BCUT2D eigenvalue weighted by molar-refractivity contribution is -0.120. The average Bonchev–Trinajstić information content (AvgIpc) is 3.14. The normalized spacial score (nSPS) is 19.1. The van der Waals surface area contributed by atoms with Gasteiger partial charge in [-0.15, -0.1) is 0 Å². The second-order valence-corrected chi connectivity index (χ2v) is 5.21. The molecular formula is C14H14N4O3. The molecule has 1 aromatic carbocycles. The summed E-state index contributed by atoms with van der Waals surface area (Å²) in [5.74, 6) is 1.30. The van der Waals surface area contributed by atoms with Gasteiger partial charge in [0, 0.05) is 24.1 Å². The number of aryl methyl sites for hydroxylation is 1. The summed E-state index contributed by atoms with van der Waals surface area (Å²) in [6.45, 7) is 0.226. The van der Waals surface area contributed by atoms with E-state index < -0.39 is 0 Å². The molecule has 7 nitrogen and oxygen atoms in total. The van der Waals surface area contributed by atoms with E-state index in [1.54, 1.807) is 12.1 Å². The number of carbonyl (C=O) groups is 1. The van der Waals surface area contributed by atoms with Crippen molar-refractivity contribution >= 4 is 11.6 Å². The lowest BCUT2D eigenvalue weighted by atomic mass is 9.89. The zero-order chi connectivity index (χ0) is 14.2. The maximum absolute atomic E-state index is 12.4. The Morgan fingerprint density at radius 2 is 2.10 bits per heavy atom. The first-order chi connectivity index (χ1) is 10.3. The number of nitrogens with zero attached hydrogens (tertiary/aromatic N) is 2. The Morgan fingerprint density at radius 3 is 3.05 bits per heavy atom. The van der Waals surface area contributed by atoms with Crippen molar-refractivity contribution < 1.29 is 14.3 Å². The molecule has 7 heteroatoms. The topological polar surface area (TPSA) is 89.1 Å². The molecule has 0 spiro atoms. The van der Waals surface area contributed by atoms with E-state index in [4.69, 9.17) is 9.47 Å². The smallest absolute Gasteiger partial charge is 0.231 e. The number of ether oxygens (including phenoxy) is 2. The second kappa shape index (κ2) is 4.76. The van der Waals surface area contributed by atoms with Crippen LogP contribution in [0.25, 0.3) is 0 Å². The molecule has 2 aromatic rings. The average molecular weight is 286 g/mol. The van der Waals surface area contributed by atoms with Gasteiger partial charge in [-0.05, 0) is 25.0 Å². The predicted molar refractivity (Wildman–Crippen MR) is 73.1 cm³/mol. The van der Waals surface area contributed by atoms with Crippen LogP contribution in [0.1, 0.15) is 17.8 Å². The Balaban J connectivity index is 1.47. The number of benzene rings is 1. The molecule has 108 valence electrons. The third kappa shape index (κ3) is 2.20. The van der Waals surface area contributed by atoms with E-state index >= 15 is 0 Å². The molecule has 0 saturated heterocycles. The van der Waals surface area contributed by atoms with Gasteiger partial charge in [-0.2, -0.15) is 15.4 Å². The van der Waals surface area contributed by atoms with E-state index in [1.165, 1.54) is 0 Å². The van der Waals surface area contributed by atoms with Gasteiger partial charge in [0.25, 0.3) is 0 Å². The number of amides is 1. The van der Waals surface area contributed by atoms with Gasteiger partial charge in [0.1, 0.15) is 0 Å². The third-order valence-electron chi connectivity index (χ3n) is 3.88. The number of H-pyrrole nitrogens is 1. The molecule has 2 N–H and O–H groups in total. The van der Waals surface area contributed by atoms with Crippen molar-refractivity contribution in [1.82, 2.24) is 15.4 Å². The Kier molecular flexibility index (Phi) is 2.77. The summed E-state index contributed by atoms with van der Waals surface area (Å²) in [6, 6.07) is 5.40. The lowest BCUT2D eigenvalue weighted by Crippen LogP contribution is -2.28. The van der Waals surface area contributed by atoms with Crippen LogP contribution >= 0.6 is 0 Å². The molecule has 1 aliphatic heterocycles. The third-order valence-corrected chi connectivity index (χ3v) is 3.88. The first-order valence-corrected chi connectivity index (χ1v) is 6.88. The number of hydrogen-bond acceptors (Lipinski definition) is 5. The van der Waals surface area contributed by atoms with E-state index in [-0.39, 0.29) is 18.6 Å². The van der Waals surface area contributed by atoms with Gasteiger partial charge in [-0.3, -0.25) is 4.79 Å². The minimum atomic E-state index is -0.0759. The molecule has 0 fully saturated rings. The first kappa shape index (κ1) is 12.2. The maximum Gasteiger partial charge on any atom is 0.231 e. The van der Waals surface area contributed by atoms with E-state index in [1.807, 2.05) is 6.07 Å².